The van der Waals surface area contributed by atoms with Crippen LogP contribution in [0.2, 0.25) is 0 Å². The van der Waals surface area contributed by atoms with Gasteiger partial charge >= 0.3 is 0 Å². The number of hydrogen-bond donors (Lipinski definition) is 1. The number of nitrogens with one attached hydrogen (secondary N) is 1. The van der Waals surface area contributed by atoms with Crippen molar-refractivity contribution >= 4 is 12.2 Å². The van der Waals surface area contributed by atoms with Crippen molar-refractivity contribution in [3.63, 3.8) is 0 Å². The maximum atomic E-state index is 5.50. The van der Waals surface area contributed by atoms with Crippen LogP contribution in [0.25, 0.3) is 0 Å². The first kappa shape index (κ1) is 14.8. The molecule has 0 bridgehead atoms. The Kier molecular flexibility index (Phi) is 3.94. The summed E-state index contributed by atoms with van der Waals surface area (Å²) >= 11 is 5.50. The van der Waals surface area contributed by atoms with Gasteiger partial charge in [0.1, 0.15) is 0 Å². The average Bonchev–Trinajstić information content (AvgIpc) is 2.87. The van der Waals surface area contributed by atoms with Gasteiger partial charge < -0.3 is 14.5 Å². The summed E-state index contributed by atoms with van der Waals surface area (Å²) in [6.45, 7) is 7.75. The fourth-order valence-electron chi connectivity index (χ4n) is 3.25. The van der Waals surface area contributed by atoms with Crippen molar-refractivity contribution < 1.29 is 0 Å². The van der Waals surface area contributed by atoms with Crippen molar-refractivity contribution in [2.45, 2.75) is 64.0 Å². The summed E-state index contributed by atoms with van der Waals surface area (Å²) in [5.41, 5.74) is 1.71. The lowest BCUT2D eigenvalue weighted by molar-refractivity contribution is 0.131. The zero-order valence-electron chi connectivity index (χ0n) is 12.9. The summed E-state index contributed by atoms with van der Waals surface area (Å²) in [5.74, 6) is 0. The third-order valence-electron chi connectivity index (χ3n) is 4.57. The van der Waals surface area contributed by atoms with E-state index in [1.807, 2.05) is 0 Å². The summed E-state index contributed by atoms with van der Waals surface area (Å²) in [4.78, 5) is 5.64. The molecule has 1 fully saturated rings. The molecule has 0 aliphatic heterocycles. The minimum Gasteiger partial charge on any atom is -0.337 e. The Morgan fingerprint density at radius 1 is 1.32 bits per heavy atom. The Morgan fingerprint density at radius 3 is 2.37 bits per heavy atom. The molecule has 2 rings (SSSR count). The molecule has 0 aromatic carbocycles. The number of rotatable bonds is 3. The molecule has 0 amide bonds. The molecule has 1 aliphatic rings. The van der Waals surface area contributed by atoms with E-state index < -0.39 is 0 Å². The highest BCUT2D eigenvalue weighted by Gasteiger charge is 2.37. The molecule has 1 aliphatic carbocycles. The molecule has 4 heteroatoms. The molecular formula is C15H27N3S. The molecule has 1 heterocycles. The first-order chi connectivity index (χ1) is 8.76. The second-order valence-electron chi connectivity index (χ2n) is 7.14. The first-order valence-corrected chi connectivity index (χ1v) is 7.63. The molecule has 0 radical (unpaired) electrons. The smallest absolute Gasteiger partial charge is 0.177 e. The molecule has 1 saturated carbocycles. The zero-order valence-corrected chi connectivity index (χ0v) is 13.7. The van der Waals surface area contributed by atoms with Gasteiger partial charge in [0.15, 0.2) is 4.77 Å². The number of nitrogens with zero attached hydrogens (tertiary/aromatic N) is 2. The van der Waals surface area contributed by atoms with Gasteiger partial charge in [-0.2, -0.15) is 0 Å². The quantitative estimate of drug-likeness (QED) is 0.854. The Bertz CT molecular complexity index is 484. The van der Waals surface area contributed by atoms with Gasteiger partial charge in [0.05, 0.1) is 0 Å². The van der Waals surface area contributed by atoms with E-state index in [2.05, 4.69) is 55.5 Å². The largest absolute Gasteiger partial charge is 0.337 e. The van der Waals surface area contributed by atoms with Crippen LogP contribution in [0.3, 0.4) is 0 Å². The highest BCUT2D eigenvalue weighted by Crippen LogP contribution is 2.36. The second-order valence-corrected chi connectivity index (χ2v) is 7.53. The Balaban J connectivity index is 2.38. The van der Waals surface area contributed by atoms with Gasteiger partial charge in [0, 0.05) is 29.4 Å². The van der Waals surface area contributed by atoms with Crippen LogP contribution in [0.4, 0.5) is 0 Å². The van der Waals surface area contributed by atoms with Crippen molar-refractivity contribution in [1.29, 1.82) is 0 Å². The van der Waals surface area contributed by atoms with Crippen molar-refractivity contribution in [3.8, 4) is 0 Å². The van der Waals surface area contributed by atoms with Gasteiger partial charge in [-0.25, -0.2) is 0 Å². The van der Waals surface area contributed by atoms with Gasteiger partial charge in [0.2, 0.25) is 0 Å². The monoisotopic (exact) mass is 281 g/mol. The van der Waals surface area contributed by atoms with Crippen LogP contribution < -0.4 is 0 Å². The minimum absolute atomic E-state index is 0.125. The molecule has 0 unspecified atom stereocenters. The summed E-state index contributed by atoms with van der Waals surface area (Å²) < 4.78 is 3.18. The molecule has 0 spiro atoms. The number of hydrogen-bond acceptors (Lipinski definition) is 2. The molecule has 3 nitrogen and oxygen atoms in total. The van der Waals surface area contributed by atoms with E-state index in [-0.39, 0.29) is 11.0 Å². The van der Waals surface area contributed by atoms with Gasteiger partial charge in [0.25, 0.3) is 0 Å². The summed E-state index contributed by atoms with van der Waals surface area (Å²) in [6, 6.07) is 0. The maximum absolute atomic E-state index is 5.50. The number of aromatic nitrogens is 2. The number of imidazole rings is 1. The van der Waals surface area contributed by atoms with E-state index >= 15 is 0 Å². The van der Waals surface area contributed by atoms with Crippen molar-refractivity contribution in [1.82, 2.24) is 14.5 Å². The van der Waals surface area contributed by atoms with Crippen LogP contribution >= 0.6 is 12.2 Å². The van der Waals surface area contributed by atoms with E-state index in [1.165, 1.54) is 31.4 Å². The predicted molar refractivity (Wildman–Crippen MR) is 83.2 cm³/mol. The maximum Gasteiger partial charge on any atom is 0.177 e. The standard InChI is InChI=1S/C15H27N3S/c1-14(2,3)12-10-16-13(19)18(12)11-15(17(4)5)8-6-7-9-15/h10H,6-9,11H2,1-5H3,(H,16,19). The van der Waals surface area contributed by atoms with Gasteiger partial charge in [-0.1, -0.05) is 33.6 Å². The average molecular weight is 281 g/mol. The second kappa shape index (κ2) is 5.06. The highest BCUT2D eigenvalue weighted by molar-refractivity contribution is 7.71. The molecule has 0 atom stereocenters. The first-order valence-electron chi connectivity index (χ1n) is 7.22. The zero-order chi connectivity index (χ0) is 14.3. The fraction of sp³-hybridized carbons (Fsp3) is 0.800. The van der Waals surface area contributed by atoms with Crippen LogP contribution in [0.1, 0.15) is 52.1 Å². The fourth-order valence-corrected chi connectivity index (χ4v) is 3.47. The van der Waals surface area contributed by atoms with Crippen molar-refractivity contribution in [2.75, 3.05) is 14.1 Å². The molecule has 1 N–H and O–H groups in total. The Morgan fingerprint density at radius 2 is 1.89 bits per heavy atom. The van der Waals surface area contributed by atoms with Crippen LogP contribution in [0.5, 0.6) is 0 Å². The van der Waals surface area contributed by atoms with E-state index in [0.717, 1.165) is 11.3 Å². The summed E-state index contributed by atoms with van der Waals surface area (Å²) in [7, 11) is 4.41. The SMILES string of the molecule is CN(C)C1(Cn2c(C(C)(C)C)c[nH]c2=S)CCCC1. The topological polar surface area (TPSA) is 24.0 Å². The lowest BCUT2D eigenvalue weighted by atomic mass is 9.91. The van der Waals surface area contributed by atoms with E-state index in [9.17, 15) is 0 Å². The van der Waals surface area contributed by atoms with Crippen molar-refractivity contribution in [2.24, 2.45) is 0 Å². The molecule has 19 heavy (non-hydrogen) atoms. The number of H-pyrrole nitrogens is 1. The summed E-state index contributed by atoms with van der Waals surface area (Å²) in [6.07, 6.45) is 7.30. The van der Waals surface area contributed by atoms with Crippen LogP contribution in [-0.4, -0.2) is 34.1 Å². The third-order valence-corrected chi connectivity index (χ3v) is 4.91. The van der Waals surface area contributed by atoms with Crippen molar-refractivity contribution in [3.05, 3.63) is 16.7 Å². The van der Waals surface area contributed by atoms with Crippen LogP contribution in [0, 0.1) is 4.77 Å². The van der Waals surface area contributed by atoms with Gasteiger partial charge in [-0.3, -0.25) is 0 Å². The normalized spacial score (nSPS) is 19.3. The molecule has 108 valence electrons. The Labute approximate surface area is 122 Å². The summed E-state index contributed by atoms with van der Waals surface area (Å²) in [5, 5.41) is 0. The lowest BCUT2D eigenvalue weighted by Gasteiger charge is -2.38. The van der Waals surface area contributed by atoms with E-state index in [0.29, 0.717) is 0 Å². The van der Waals surface area contributed by atoms with E-state index in [1.54, 1.807) is 0 Å². The molecular weight excluding hydrogens is 254 g/mol. The lowest BCUT2D eigenvalue weighted by Crippen LogP contribution is -2.46. The molecule has 1 aromatic rings. The van der Waals surface area contributed by atoms with Gasteiger partial charge in [-0.15, -0.1) is 0 Å². The van der Waals surface area contributed by atoms with Crippen LogP contribution in [-0.2, 0) is 12.0 Å². The number of aromatic amines is 1. The highest BCUT2D eigenvalue weighted by atomic mass is 32.1. The van der Waals surface area contributed by atoms with E-state index in [4.69, 9.17) is 12.2 Å². The minimum atomic E-state index is 0.125. The Hall–Kier alpha value is -0.610. The third kappa shape index (κ3) is 2.79. The molecule has 0 saturated heterocycles. The predicted octanol–water partition coefficient (Wildman–Crippen LogP) is 3.72. The van der Waals surface area contributed by atoms with Crippen LogP contribution in [0.15, 0.2) is 6.20 Å². The number of likely N-dealkylation sites (N-methyl/N-ethyl adjacent to an activating group) is 1. The van der Waals surface area contributed by atoms with Gasteiger partial charge in [-0.05, 0) is 39.2 Å². The molecule has 1 aromatic heterocycles.